The highest BCUT2D eigenvalue weighted by Crippen LogP contribution is 2.52. The number of allylic oxidation sites excluding steroid dienone is 2. The fourth-order valence-electron chi connectivity index (χ4n) is 3.01. The van der Waals surface area contributed by atoms with Crippen LogP contribution in [-0.2, 0) is 25.2 Å². The molecule has 2 amide bonds. The number of carbonyl (C=O) groups is 2. The first-order chi connectivity index (χ1) is 7.59. The molecule has 1 aliphatic heterocycles. The normalized spacial score (nSPS) is 41.9. The van der Waals surface area contributed by atoms with Gasteiger partial charge in [0.25, 0.3) is 11.8 Å². The van der Waals surface area contributed by atoms with Crippen molar-refractivity contribution in [3.8, 4) is 0 Å². The number of hydrogen-bond donors (Lipinski definition) is 0. The number of nitrogens with zero attached hydrogens (tertiary/aromatic N) is 1. The molecule has 0 spiro atoms. The zero-order chi connectivity index (χ0) is 11.4. The quantitative estimate of drug-likeness (QED) is 0.371. The second kappa shape index (κ2) is 3.22. The third-order valence-corrected chi connectivity index (χ3v) is 3.84. The van der Waals surface area contributed by atoms with E-state index in [-0.39, 0.29) is 11.8 Å². The summed E-state index contributed by atoms with van der Waals surface area (Å²) in [6.45, 7) is 0. The van der Waals surface area contributed by atoms with Crippen LogP contribution < -0.4 is 0 Å². The Bertz CT molecular complexity index is 404. The molecule has 0 N–H and O–H groups in total. The first-order valence-corrected chi connectivity index (χ1v) is 5.93. The molecule has 2 bridgehead atoms. The topological polar surface area (TPSA) is 86.7 Å². The first-order valence-electron chi connectivity index (χ1n) is 4.93. The Morgan fingerprint density at radius 1 is 1.25 bits per heavy atom. The van der Waals surface area contributed by atoms with Gasteiger partial charge in [0.15, 0.2) is 0 Å². The van der Waals surface area contributed by atoms with Gasteiger partial charge in [0.1, 0.15) is 11.4 Å². The minimum Gasteiger partial charge on any atom is -0.748 e. The second-order valence-electron chi connectivity index (χ2n) is 4.25. The van der Waals surface area contributed by atoms with E-state index in [1.54, 1.807) is 0 Å². The zero-order valence-electron chi connectivity index (χ0n) is 8.07. The van der Waals surface area contributed by atoms with Crippen molar-refractivity contribution in [2.75, 3.05) is 0 Å². The Hall–Kier alpha value is -1.05. The molecule has 1 saturated heterocycles. The summed E-state index contributed by atoms with van der Waals surface area (Å²) in [6, 6.07) is 0. The van der Waals surface area contributed by atoms with Crippen molar-refractivity contribution in [2.24, 2.45) is 23.7 Å². The average molecular weight is 242 g/mol. The van der Waals surface area contributed by atoms with Gasteiger partial charge >= 0.3 is 0 Å². The summed E-state index contributed by atoms with van der Waals surface area (Å²) >= 11 is -2.89. The van der Waals surface area contributed by atoms with E-state index in [1.165, 1.54) is 0 Å². The Balaban J connectivity index is 1.91. The summed E-state index contributed by atoms with van der Waals surface area (Å²) in [5.41, 5.74) is 0. The maximum Gasteiger partial charge on any atom is 0.259 e. The Kier molecular flexibility index (Phi) is 2.04. The van der Waals surface area contributed by atoms with Crippen LogP contribution in [0.4, 0.5) is 0 Å². The second-order valence-corrected chi connectivity index (χ2v) is 4.81. The van der Waals surface area contributed by atoms with Crippen molar-refractivity contribution in [3.63, 3.8) is 0 Å². The van der Waals surface area contributed by atoms with E-state index in [4.69, 9.17) is 0 Å². The number of carbonyl (C=O) groups excluding carboxylic acids is 2. The highest BCUT2D eigenvalue weighted by atomic mass is 32.2. The van der Waals surface area contributed by atoms with Crippen LogP contribution in [0.2, 0.25) is 0 Å². The molecule has 6 nitrogen and oxygen atoms in total. The summed E-state index contributed by atoms with van der Waals surface area (Å²) < 4.78 is 24.9. The van der Waals surface area contributed by atoms with Crippen LogP contribution in [0.3, 0.4) is 0 Å². The molecule has 3 aliphatic rings. The van der Waals surface area contributed by atoms with Gasteiger partial charge in [-0.05, 0) is 18.3 Å². The van der Waals surface area contributed by atoms with Crippen LogP contribution in [0, 0.1) is 23.7 Å². The Morgan fingerprint density at radius 2 is 1.75 bits per heavy atom. The summed E-state index contributed by atoms with van der Waals surface area (Å²) in [6.07, 6.45) is 4.66. The lowest BCUT2D eigenvalue weighted by atomic mass is 9.85. The molecular weight excluding hydrogens is 234 g/mol. The smallest absolute Gasteiger partial charge is 0.259 e. The third kappa shape index (κ3) is 1.16. The lowest BCUT2D eigenvalue weighted by molar-refractivity contribution is -0.166. The molecule has 0 radical (unpaired) electrons. The lowest BCUT2D eigenvalue weighted by Crippen LogP contribution is -2.33. The monoisotopic (exact) mass is 242 g/mol. The van der Waals surface area contributed by atoms with Gasteiger partial charge in [-0.25, -0.2) is 4.21 Å². The maximum atomic E-state index is 11.8. The third-order valence-electron chi connectivity index (χ3n) is 3.57. The predicted molar refractivity (Wildman–Crippen MR) is 49.6 cm³/mol. The number of hydroxylamine groups is 2. The van der Waals surface area contributed by atoms with E-state index in [0.717, 1.165) is 6.42 Å². The molecule has 1 saturated carbocycles. The Morgan fingerprint density at radius 3 is 2.19 bits per heavy atom. The van der Waals surface area contributed by atoms with Crippen LogP contribution in [0.25, 0.3) is 0 Å². The maximum absolute atomic E-state index is 11.8. The molecule has 86 valence electrons. The molecule has 0 aromatic carbocycles. The van der Waals surface area contributed by atoms with Gasteiger partial charge < -0.3 is 4.55 Å². The molecule has 2 aliphatic carbocycles. The van der Waals surface area contributed by atoms with Gasteiger partial charge in [-0.3, -0.25) is 9.59 Å². The van der Waals surface area contributed by atoms with Crippen LogP contribution in [0.1, 0.15) is 6.42 Å². The number of rotatable bonds is 2. The van der Waals surface area contributed by atoms with E-state index in [9.17, 15) is 18.4 Å². The number of imide groups is 1. The zero-order valence-corrected chi connectivity index (χ0v) is 8.88. The number of hydrogen-bond acceptors (Lipinski definition) is 5. The van der Waals surface area contributed by atoms with Crippen LogP contribution >= 0.6 is 0 Å². The molecule has 3 rings (SSSR count). The fourth-order valence-corrected chi connectivity index (χ4v) is 3.28. The van der Waals surface area contributed by atoms with Crippen molar-refractivity contribution in [1.82, 2.24) is 5.06 Å². The molecule has 16 heavy (non-hydrogen) atoms. The molecule has 7 heteroatoms. The molecule has 2 fully saturated rings. The van der Waals surface area contributed by atoms with Gasteiger partial charge in [0, 0.05) is 0 Å². The van der Waals surface area contributed by atoms with Crippen LogP contribution in [0.5, 0.6) is 0 Å². The molecule has 1 heterocycles. The highest BCUT2D eigenvalue weighted by molar-refractivity contribution is 7.74. The molecule has 5 atom stereocenters. The first kappa shape index (κ1) is 10.1. The van der Waals surface area contributed by atoms with E-state index in [1.807, 2.05) is 12.2 Å². The van der Waals surface area contributed by atoms with Crippen molar-refractivity contribution < 1.29 is 22.6 Å². The molecule has 0 aromatic heterocycles. The van der Waals surface area contributed by atoms with Crippen molar-refractivity contribution in [3.05, 3.63) is 12.2 Å². The van der Waals surface area contributed by atoms with E-state index >= 15 is 0 Å². The van der Waals surface area contributed by atoms with Crippen molar-refractivity contribution in [1.29, 1.82) is 0 Å². The van der Waals surface area contributed by atoms with Gasteiger partial charge in [0.2, 0.25) is 0 Å². The standard InChI is InChI=1S/C9H9NO5S/c11-8-6-4-1-2-5(3-4)7(6)9(12)10(8)15-16(13)14/h1-2,4-7H,3H2,(H,13,14)/p-1/t4-,5?,6?,7?/m0/s1. The largest absolute Gasteiger partial charge is 0.748 e. The van der Waals surface area contributed by atoms with Crippen molar-refractivity contribution in [2.45, 2.75) is 6.42 Å². The Labute approximate surface area is 93.7 Å². The van der Waals surface area contributed by atoms with E-state index in [2.05, 4.69) is 4.28 Å². The van der Waals surface area contributed by atoms with Crippen LogP contribution in [-0.4, -0.2) is 25.6 Å². The summed E-state index contributed by atoms with van der Waals surface area (Å²) in [7, 11) is 0. The minimum atomic E-state index is -2.89. The van der Waals surface area contributed by atoms with Crippen LogP contribution in [0.15, 0.2) is 12.2 Å². The van der Waals surface area contributed by atoms with E-state index in [0.29, 0.717) is 5.06 Å². The number of fused-ring (bicyclic) bond motifs is 5. The SMILES string of the molecule is O=C1C2C3C=C[C@@H](C3)C2C(=O)N1OS(=O)[O-]. The summed E-state index contributed by atoms with van der Waals surface area (Å²) in [5.74, 6) is -1.80. The number of amides is 2. The average Bonchev–Trinajstić information content (AvgIpc) is 2.87. The highest BCUT2D eigenvalue weighted by Gasteiger charge is 2.60. The van der Waals surface area contributed by atoms with Gasteiger partial charge in [0.05, 0.1) is 11.8 Å². The molecule has 0 aromatic rings. The predicted octanol–water partition coefficient (Wildman–Crippen LogP) is -0.481. The summed E-state index contributed by atoms with van der Waals surface area (Å²) in [4.78, 5) is 23.6. The van der Waals surface area contributed by atoms with Gasteiger partial charge in [-0.2, -0.15) is 4.28 Å². The van der Waals surface area contributed by atoms with E-state index < -0.39 is 35.0 Å². The summed E-state index contributed by atoms with van der Waals surface area (Å²) in [5, 5.41) is 0.393. The minimum absolute atomic E-state index is 0.0557. The van der Waals surface area contributed by atoms with Gasteiger partial charge in [-0.15, -0.1) is 5.06 Å². The fraction of sp³-hybridized carbons (Fsp3) is 0.556. The van der Waals surface area contributed by atoms with Crippen molar-refractivity contribution >= 4 is 23.2 Å². The molecule has 4 unspecified atom stereocenters. The molecular formula is C9H8NO5S-. The van der Waals surface area contributed by atoms with Gasteiger partial charge in [-0.1, -0.05) is 12.2 Å². The lowest BCUT2D eigenvalue weighted by Gasteiger charge is -2.16.